The summed E-state index contributed by atoms with van der Waals surface area (Å²) >= 11 is 0. The van der Waals surface area contributed by atoms with E-state index in [0.29, 0.717) is 24.3 Å². The zero-order valence-corrected chi connectivity index (χ0v) is 13.6. The molecule has 0 saturated heterocycles. The second-order valence-corrected chi connectivity index (χ2v) is 6.69. The normalized spacial score (nSPS) is 11.4. The third-order valence-electron chi connectivity index (χ3n) is 3.30. The molecule has 0 aliphatic heterocycles. The molecule has 1 aromatic carbocycles. The van der Waals surface area contributed by atoms with Crippen molar-refractivity contribution in [2.24, 2.45) is 0 Å². The van der Waals surface area contributed by atoms with Gasteiger partial charge in [0.25, 0.3) is 0 Å². The number of aryl methyl sites for hydroxylation is 2. The van der Waals surface area contributed by atoms with Crippen LogP contribution in [0.25, 0.3) is 0 Å². The van der Waals surface area contributed by atoms with Crippen molar-refractivity contribution < 1.29 is 13.2 Å². The number of methoxy groups -OCH3 is 1. The van der Waals surface area contributed by atoms with Gasteiger partial charge in [0, 0.05) is 18.4 Å². The quantitative estimate of drug-likeness (QED) is 0.795. The predicted molar refractivity (Wildman–Crippen MR) is 85.5 cm³/mol. The van der Waals surface area contributed by atoms with Gasteiger partial charge in [-0.1, -0.05) is 6.07 Å². The van der Waals surface area contributed by atoms with Crippen LogP contribution < -0.4 is 9.46 Å². The van der Waals surface area contributed by atoms with Gasteiger partial charge in [0.2, 0.25) is 10.0 Å². The third kappa shape index (κ3) is 4.29. The Bertz CT molecular complexity index is 715. The summed E-state index contributed by atoms with van der Waals surface area (Å²) in [6.07, 6.45) is 3.18. The molecule has 5 nitrogen and oxygen atoms in total. The molecule has 1 N–H and O–H groups in total. The fourth-order valence-electron chi connectivity index (χ4n) is 2.15. The van der Waals surface area contributed by atoms with E-state index in [1.165, 1.54) is 0 Å². The van der Waals surface area contributed by atoms with Gasteiger partial charge in [-0.3, -0.25) is 4.98 Å². The van der Waals surface area contributed by atoms with E-state index in [2.05, 4.69) is 9.71 Å². The number of sulfonamides is 1. The molecule has 6 heteroatoms. The van der Waals surface area contributed by atoms with Crippen LogP contribution in [0.4, 0.5) is 0 Å². The van der Waals surface area contributed by atoms with Crippen LogP contribution in [-0.2, 0) is 16.4 Å². The van der Waals surface area contributed by atoms with Crippen LogP contribution in [0.15, 0.2) is 47.5 Å². The molecule has 0 radical (unpaired) electrons. The van der Waals surface area contributed by atoms with Gasteiger partial charge in [-0.15, -0.1) is 0 Å². The summed E-state index contributed by atoms with van der Waals surface area (Å²) in [6, 6.07) is 10.6. The molecule has 0 spiro atoms. The molecule has 2 rings (SSSR count). The molecule has 0 unspecified atom stereocenters. The monoisotopic (exact) mass is 320 g/mol. The Morgan fingerprint density at radius 3 is 2.68 bits per heavy atom. The number of nitrogens with one attached hydrogen (secondary N) is 1. The highest BCUT2D eigenvalue weighted by molar-refractivity contribution is 7.89. The van der Waals surface area contributed by atoms with Crippen LogP contribution in [0.5, 0.6) is 5.75 Å². The van der Waals surface area contributed by atoms with Crippen LogP contribution >= 0.6 is 0 Å². The summed E-state index contributed by atoms with van der Waals surface area (Å²) in [4.78, 5) is 4.50. The van der Waals surface area contributed by atoms with E-state index < -0.39 is 10.0 Å². The molecular weight excluding hydrogens is 300 g/mol. The summed E-state index contributed by atoms with van der Waals surface area (Å²) in [6.45, 7) is 2.13. The maximum absolute atomic E-state index is 12.3. The minimum absolute atomic E-state index is 0.283. The minimum atomic E-state index is -3.50. The number of ether oxygens (including phenoxy) is 1. The topological polar surface area (TPSA) is 68.3 Å². The number of hydrogen-bond donors (Lipinski definition) is 1. The Morgan fingerprint density at radius 2 is 2.05 bits per heavy atom. The van der Waals surface area contributed by atoms with E-state index in [4.69, 9.17) is 4.74 Å². The van der Waals surface area contributed by atoms with E-state index in [9.17, 15) is 8.42 Å². The lowest BCUT2D eigenvalue weighted by Gasteiger charge is -2.10. The molecule has 0 atom stereocenters. The fourth-order valence-corrected chi connectivity index (χ4v) is 3.45. The molecular formula is C16H20N2O3S. The highest BCUT2D eigenvalue weighted by Gasteiger charge is 2.16. The van der Waals surface area contributed by atoms with Crippen molar-refractivity contribution in [3.8, 4) is 5.75 Å². The summed E-state index contributed by atoms with van der Waals surface area (Å²) in [5.74, 6) is 0.645. The first-order valence-electron chi connectivity index (χ1n) is 7.07. The standard InChI is InChI=1S/C16H20N2O3S/c1-13-12-15(21-2)8-9-16(13)22(19,20)18-11-5-7-14-6-3-4-10-17-14/h3-4,6,8-10,12,18H,5,7,11H2,1-2H3. The Hall–Kier alpha value is -1.92. The van der Waals surface area contributed by atoms with Gasteiger partial charge in [0.15, 0.2) is 0 Å². The van der Waals surface area contributed by atoms with Crippen LogP contribution in [-0.4, -0.2) is 27.1 Å². The first-order chi connectivity index (χ1) is 10.5. The van der Waals surface area contributed by atoms with Crippen molar-refractivity contribution in [3.05, 3.63) is 53.9 Å². The lowest BCUT2D eigenvalue weighted by atomic mass is 10.2. The molecule has 0 bridgehead atoms. The van der Waals surface area contributed by atoms with Gasteiger partial charge < -0.3 is 4.74 Å². The van der Waals surface area contributed by atoms with Crippen molar-refractivity contribution in [1.29, 1.82) is 0 Å². The second kappa shape index (κ2) is 7.38. The number of pyridine rings is 1. The number of rotatable bonds is 7. The molecule has 1 aromatic heterocycles. The van der Waals surface area contributed by atoms with E-state index >= 15 is 0 Å². The summed E-state index contributed by atoms with van der Waals surface area (Å²) in [7, 11) is -1.94. The Morgan fingerprint density at radius 1 is 1.23 bits per heavy atom. The lowest BCUT2D eigenvalue weighted by Crippen LogP contribution is -2.25. The van der Waals surface area contributed by atoms with Crippen LogP contribution in [0, 0.1) is 6.92 Å². The van der Waals surface area contributed by atoms with Gasteiger partial charge in [0.1, 0.15) is 5.75 Å². The number of aromatic nitrogens is 1. The molecule has 0 saturated carbocycles. The maximum atomic E-state index is 12.3. The smallest absolute Gasteiger partial charge is 0.240 e. The molecule has 0 aliphatic carbocycles. The number of hydrogen-bond acceptors (Lipinski definition) is 4. The van der Waals surface area contributed by atoms with Crippen molar-refractivity contribution in [1.82, 2.24) is 9.71 Å². The zero-order valence-electron chi connectivity index (χ0n) is 12.7. The molecule has 22 heavy (non-hydrogen) atoms. The minimum Gasteiger partial charge on any atom is -0.497 e. The largest absolute Gasteiger partial charge is 0.497 e. The average Bonchev–Trinajstić information content (AvgIpc) is 2.52. The van der Waals surface area contributed by atoms with Crippen LogP contribution in [0.3, 0.4) is 0 Å². The van der Waals surface area contributed by atoms with E-state index in [1.807, 2.05) is 18.2 Å². The molecule has 118 valence electrons. The molecule has 1 heterocycles. The van der Waals surface area contributed by atoms with E-state index in [-0.39, 0.29) is 4.90 Å². The van der Waals surface area contributed by atoms with Crippen LogP contribution in [0.1, 0.15) is 17.7 Å². The Labute approximate surface area is 131 Å². The second-order valence-electron chi connectivity index (χ2n) is 4.95. The lowest BCUT2D eigenvalue weighted by molar-refractivity contribution is 0.414. The summed E-state index contributed by atoms with van der Waals surface area (Å²) < 4.78 is 32.3. The van der Waals surface area contributed by atoms with Gasteiger partial charge in [-0.25, -0.2) is 13.1 Å². The first kappa shape index (κ1) is 16.5. The molecule has 2 aromatic rings. The SMILES string of the molecule is COc1ccc(S(=O)(=O)NCCCc2ccccn2)c(C)c1. The predicted octanol–water partition coefficient (Wildman–Crippen LogP) is 2.31. The molecule has 0 aliphatic rings. The third-order valence-corrected chi connectivity index (χ3v) is 4.92. The molecule has 0 amide bonds. The fraction of sp³-hybridized carbons (Fsp3) is 0.312. The van der Waals surface area contributed by atoms with Gasteiger partial charge in [0.05, 0.1) is 12.0 Å². The zero-order chi connectivity index (χ0) is 16.0. The van der Waals surface area contributed by atoms with E-state index in [0.717, 1.165) is 12.1 Å². The maximum Gasteiger partial charge on any atom is 0.240 e. The van der Waals surface area contributed by atoms with Crippen molar-refractivity contribution in [2.75, 3.05) is 13.7 Å². The summed E-state index contributed by atoms with van der Waals surface area (Å²) in [5, 5.41) is 0. The highest BCUT2D eigenvalue weighted by Crippen LogP contribution is 2.20. The average molecular weight is 320 g/mol. The Kier molecular flexibility index (Phi) is 5.51. The number of nitrogens with zero attached hydrogens (tertiary/aromatic N) is 1. The van der Waals surface area contributed by atoms with Gasteiger partial charge in [-0.2, -0.15) is 0 Å². The molecule has 0 fully saturated rings. The van der Waals surface area contributed by atoms with Gasteiger partial charge in [-0.05, 0) is 55.7 Å². The first-order valence-corrected chi connectivity index (χ1v) is 8.55. The van der Waals surface area contributed by atoms with Crippen molar-refractivity contribution in [3.63, 3.8) is 0 Å². The van der Waals surface area contributed by atoms with Gasteiger partial charge >= 0.3 is 0 Å². The van der Waals surface area contributed by atoms with E-state index in [1.54, 1.807) is 38.4 Å². The number of benzene rings is 1. The Balaban J connectivity index is 1.94. The van der Waals surface area contributed by atoms with Crippen LogP contribution in [0.2, 0.25) is 0 Å². The highest BCUT2D eigenvalue weighted by atomic mass is 32.2. The van der Waals surface area contributed by atoms with Crippen molar-refractivity contribution in [2.45, 2.75) is 24.7 Å². The summed E-state index contributed by atoms with van der Waals surface area (Å²) in [5.41, 5.74) is 1.62. The van der Waals surface area contributed by atoms with Crippen molar-refractivity contribution >= 4 is 10.0 Å².